The van der Waals surface area contributed by atoms with Crippen LogP contribution < -0.4 is 10.1 Å². The molecular weight excluding hydrogens is 234 g/mol. The van der Waals surface area contributed by atoms with E-state index in [1.54, 1.807) is 0 Å². The van der Waals surface area contributed by atoms with Crippen LogP contribution in [0, 0.1) is 5.92 Å². The van der Waals surface area contributed by atoms with E-state index < -0.39 is 0 Å². The molecule has 2 atom stereocenters. The number of nitrogens with one attached hydrogen (secondary N) is 1. The zero-order chi connectivity index (χ0) is 13.9. The van der Waals surface area contributed by atoms with Gasteiger partial charge in [0, 0.05) is 18.0 Å². The second kappa shape index (κ2) is 5.96. The molecule has 1 aliphatic rings. The lowest BCUT2D eigenvalue weighted by molar-refractivity contribution is 0.340. The van der Waals surface area contributed by atoms with Gasteiger partial charge in [-0.1, -0.05) is 39.3 Å². The third-order valence-electron chi connectivity index (χ3n) is 4.29. The number of ether oxygens (including phenoxy) is 1. The van der Waals surface area contributed by atoms with Crippen LogP contribution in [0.1, 0.15) is 46.1 Å². The Bertz CT molecular complexity index is 398. The van der Waals surface area contributed by atoms with Gasteiger partial charge in [-0.05, 0) is 37.0 Å². The Morgan fingerprint density at radius 2 is 1.95 bits per heavy atom. The molecule has 0 amide bonds. The van der Waals surface area contributed by atoms with E-state index in [4.69, 9.17) is 4.74 Å². The first kappa shape index (κ1) is 14.4. The van der Waals surface area contributed by atoms with E-state index >= 15 is 0 Å². The van der Waals surface area contributed by atoms with Crippen LogP contribution in [0.3, 0.4) is 0 Å². The Morgan fingerprint density at radius 1 is 1.26 bits per heavy atom. The molecule has 0 saturated heterocycles. The molecule has 0 radical (unpaired) electrons. The van der Waals surface area contributed by atoms with Crippen molar-refractivity contribution in [3.63, 3.8) is 0 Å². The van der Waals surface area contributed by atoms with Gasteiger partial charge >= 0.3 is 0 Å². The molecule has 1 fully saturated rings. The van der Waals surface area contributed by atoms with Gasteiger partial charge in [0.2, 0.25) is 0 Å². The highest BCUT2D eigenvalue weighted by Gasteiger charge is 2.53. The van der Waals surface area contributed by atoms with Gasteiger partial charge in [-0.25, -0.2) is 0 Å². The van der Waals surface area contributed by atoms with Crippen molar-refractivity contribution >= 4 is 0 Å². The molecule has 1 aromatic carbocycles. The maximum Gasteiger partial charge on any atom is 0.119 e. The van der Waals surface area contributed by atoms with Gasteiger partial charge in [0.1, 0.15) is 5.75 Å². The van der Waals surface area contributed by atoms with E-state index in [1.807, 2.05) is 6.92 Å². The molecule has 1 saturated carbocycles. The highest BCUT2D eigenvalue weighted by molar-refractivity contribution is 5.38. The van der Waals surface area contributed by atoms with Gasteiger partial charge in [-0.3, -0.25) is 0 Å². The van der Waals surface area contributed by atoms with Gasteiger partial charge in [-0.2, -0.15) is 0 Å². The summed E-state index contributed by atoms with van der Waals surface area (Å²) in [7, 11) is 0. The average Bonchev–Trinajstić information content (AvgIpc) is 3.13. The van der Waals surface area contributed by atoms with Crippen molar-refractivity contribution in [2.24, 2.45) is 5.92 Å². The second-order valence-electron chi connectivity index (χ2n) is 5.96. The van der Waals surface area contributed by atoms with E-state index in [9.17, 15) is 0 Å². The Kier molecular flexibility index (Phi) is 4.51. The number of benzene rings is 1. The predicted octanol–water partition coefficient (Wildman–Crippen LogP) is 3.75. The first-order valence-corrected chi connectivity index (χ1v) is 7.59. The van der Waals surface area contributed by atoms with Crippen molar-refractivity contribution in [3.8, 4) is 5.75 Å². The molecule has 2 heteroatoms. The van der Waals surface area contributed by atoms with E-state index in [2.05, 4.69) is 50.4 Å². The fraction of sp³-hybridized carbons (Fsp3) is 0.647. The Balaban J connectivity index is 2.11. The van der Waals surface area contributed by atoms with Crippen molar-refractivity contribution < 1.29 is 4.74 Å². The maximum atomic E-state index is 5.53. The molecule has 106 valence electrons. The third-order valence-corrected chi connectivity index (χ3v) is 4.29. The van der Waals surface area contributed by atoms with E-state index in [-0.39, 0.29) is 0 Å². The van der Waals surface area contributed by atoms with Crippen molar-refractivity contribution in [1.29, 1.82) is 0 Å². The molecule has 1 N–H and O–H groups in total. The number of hydrogen-bond donors (Lipinski definition) is 1. The Morgan fingerprint density at radius 3 is 2.42 bits per heavy atom. The molecule has 0 spiro atoms. The molecule has 0 aromatic heterocycles. The molecule has 2 rings (SSSR count). The van der Waals surface area contributed by atoms with Crippen LogP contribution in [-0.2, 0) is 5.41 Å². The summed E-state index contributed by atoms with van der Waals surface area (Å²) >= 11 is 0. The van der Waals surface area contributed by atoms with Crippen LogP contribution in [0.2, 0.25) is 0 Å². The monoisotopic (exact) mass is 261 g/mol. The highest BCUT2D eigenvalue weighted by atomic mass is 16.5. The lowest BCUT2D eigenvalue weighted by Crippen LogP contribution is -2.33. The first-order chi connectivity index (χ1) is 9.12. The molecule has 2 nitrogen and oxygen atoms in total. The van der Waals surface area contributed by atoms with E-state index in [0.717, 1.165) is 24.8 Å². The molecule has 0 aliphatic heterocycles. The second-order valence-corrected chi connectivity index (χ2v) is 5.96. The number of hydrogen-bond acceptors (Lipinski definition) is 2. The fourth-order valence-corrected chi connectivity index (χ4v) is 3.02. The number of rotatable bonds is 7. The summed E-state index contributed by atoms with van der Waals surface area (Å²) in [4.78, 5) is 0. The SMILES string of the molecule is CCOc1ccc(C2(CNC(C)C)CC2CC)cc1. The van der Waals surface area contributed by atoms with Crippen LogP contribution in [0.25, 0.3) is 0 Å². The molecule has 2 unspecified atom stereocenters. The summed E-state index contributed by atoms with van der Waals surface area (Å²) in [5.74, 6) is 1.81. The Hall–Kier alpha value is -1.02. The molecule has 0 bridgehead atoms. The molecule has 1 aromatic rings. The van der Waals surface area contributed by atoms with E-state index in [0.29, 0.717) is 11.5 Å². The minimum atomic E-state index is 0.365. The smallest absolute Gasteiger partial charge is 0.119 e. The molecule has 0 heterocycles. The van der Waals surface area contributed by atoms with E-state index in [1.165, 1.54) is 18.4 Å². The van der Waals surface area contributed by atoms with Crippen molar-refractivity contribution in [2.75, 3.05) is 13.2 Å². The van der Waals surface area contributed by atoms with Crippen molar-refractivity contribution in [3.05, 3.63) is 29.8 Å². The largest absolute Gasteiger partial charge is 0.494 e. The molecule has 1 aliphatic carbocycles. The van der Waals surface area contributed by atoms with Gasteiger partial charge in [-0.15, -0.1) is 0 Å². The van der Waals surface area contributed by atoms with Gasteiger partial charge in [0.15, 0.2) is 0 Å². The summed E-state index contributed by atoms with van der Waals surface area (Å²) < 4.78 is 5.53. The summed E-state index contributed by atoms with van der Waals surface area (Å²) in [6, 6.07) is 9.28. The zero-order valence-electron chi connectivity index (χ0n) is 12.7. The quantitative estimate of drug-likeness (QED) is 0.807. The standard InChI is InChI=1S/C17H27NO/c1-5-14-11-17(14,12-18-13(3)4)15-7-9-16(10-8-15)19-6-2/h7-10,13-14,18H,5-6,11-12H2,1-4H3. The topological polar surface area (TPSA) is 21.3 Å². The first-order valence-electron chi connectivity index (χ1n) is 7.59. The minimum absolute atomic E-state index is 0.365. The summed E-state index contributed by atoms with van der Waals surface area (Å²) in [5, 5.41) is 3.62. The van der Waals surface area contributed by atoms with Crippen LogP contribution >= 0.6 is 0 Å². The lowest BCUT2D eigenvalue weighted by Gasteiger charge is -2.21. The Labute approximate surface area is 117 Å². The van der Waals surface area contributed by atoms with Gasteiger partial charge in [0.05, 0.1) is 6.61 Å². The zero-order valence-corrected chi connectivity index (χ0v) is 12.7. The van der Waals surface area contributed by atoms with Crippen LogP contribution in [0.5, 0.6) is 5.75 Å². The van der Waals surface area contributed by atoms with Crippen molar-refractivity contribution in [1.82, 2.24) is 5.32 Å². The minimum Gasteiger partial charge on any atom is -0.494 e. The predicted molar refractivity (Wildman–Crippen MR) is 80.8 cm³/mol. The fourth-order valence-electron chi connectivity index (χ4n) is 3.02. The normalized spacial score (nSPS) is 25.6. The van der Waals surface area contributed by atoms with Gasteiger partial charge < -0.3 is 10.1 Å². The third kappa shape index (κ3) is 3.11. The van der Waals surface area contributed by atoms with Crippen LogP contribution in [0.4, 0.5) is 0 Å². The average molecular weight is 261 g/mol. The van der Waals surface area contributed by atoms with Crippen LogP contribution in [-0.4, -0.2) is 19.2 Å². The van der Waals surface area contributed by atoms with Gasteiger partial charge in [0.25, 0.3) is 0 Å². The maximum absolute atomic E-state index is 5.53. The highest BCUT2D eigenvalue weighted by Crippen LogP contribution is 2.55. The lowest BCUT2D eigenvalue weighted by atomic mass is 9.92. The van der Waals surface area contributed by atoms with Crippen LogP contribution in [0.15, 0.2) is 24.3 Å². The summed E-state index contributed by atoms with van der Waals surface area (Å²) in [5.41, 5.74) is 1.83. The molecule has 19 heavy (non-hydrogen) atoms. The summed E-state index contributed by atoms with van der Waals surface area (Å²) in [6.45, 7) is 10.6. The van der Waals surface area contributed by atoms with Crippen molar-refractivity contribution in [2.45, 2.75) is 52.0 Å². The molecular formula is C17H27NO. The summed E-state index contributed by atoms with van der Waals surface area (Å²) in [6.07, 6.45) is 2.59.